The lowest BCUT2D eigenvalue weighted by molar-refractivity contribution is 0.0635. The maximum Gasteiger partial charge on any atom is 0.204 e. The number of nitrogen functional groups attached to an aromatic ring is 1. The van der Waals surface area contributed by atoms with E-state index < -0.39 is 0 Å². The standard InChI is InChI=1S/C13H18N4O/c1-13(2)8-18-6-5-17(13)12-15-10-4-3-9(14)7-11(10)16-12/h3-4,7H,5-6,8,14H2,1-2H3,(H,15,16). The zero-order valence-corrected chi connectivity index (χ0v) is 10.7. The van der Waals surface area contributed by atoms with Crippen molar-refractivity contribution in [3.8, 4) is 0 Å². The lowest BCUT2D eigenvalue weighted by atomic mass is 10.0. The van der Waals surface area contributed by atoms with Crippen LogP contribution in [0, 0.1) is 0 Å². The Kier molecular flexibility index (Phi) is 2.45. The topological polar surface area (TPSA) is 67.2 Å². The van der Waals surface area contributed by atoms with E-state index in [1.54, 1.807) is 0 Å². The van der Waals surface area contributed by atoms with Crippen LogP contribution in [-0.2, 0) is 4.74 Å². The quantitative estimate of drug-likeness (QED) is 0.752. The fourth-order valence-electron chi connectivity index (χ4n) is 2.39. The van der Waals surface area contributed by atoms with Crippen LogP contribution in [0.1, 0.15) is 13.8 Å². The van der Waals surface area contributed by atoms with Crippen LogP contribution in [0.15, 0.2) is 18.2 Å². The highest BCUT2D eigenvalue weighted by Gasteiger charge is 2.32. The van der Waals surface area contributed by atoms with E-state index in [0.29, 0.717) is 6.61 Å². The Morgan fingerprint density at radius 1 is 1.44 bits per heavy atom. The summed E-state index contributed by atoms with van der Waals surface area (Å²) in [7, 11) is 0. The van der Waals surface area contributed by atoms with Gasteiger partial charge in [0.15, 0.2) is 0 Å². The van der Waals surface area contributed by atoms with Gasteiger partial charge < -0.3 is 20.4 Å². The lowest BCUT2D eigenvalue weighted by Gasteiger charge is -2.41. The normalized spacial score (nSPS) is 19.3. The number of rotatable bonds is 1. The summed E-state index contributed by atoms with van der Waals surface area (Å²) in [5, 5.41) is 0. The second kappa shape index (κ2) is 3.88. The van der Waals surface area contributed by atoms with E-state index >= 15 is 0 Å². The third kappa shape index (κ3) is 1.80. The van der Waals surface area contributed by atoms with Crippen LogP contribution in [0.4, 0.5) is 11.6 Å². The number of hydrogen-bond acceptors (Lipinski definition) is 4. The Bertz CT molecular complexity index is 575. The highest BCUT2D eigenvalue weighted by molar-refractivity contribution is 5.81. The molecule has 0 aliphatic carbocycles. The number of imidazole rings is 1. The average Bonchev–Trinajstić information content (AvgIpc) is 2.70. The van der Waals surface area contributed by atoms with Gasteiger partial charge >= 0.3 is 0 Å². The number of aromatic nitrogens is 2. The van der Waals surface area contributed by atoms with Gasteiger partial charge in [-0.1, -0.05) is 0 Å². The van der Waals surface area contributed by atoms with E-state index in [9.17, 15) is 0 Å². The number of nitrogens with one attached hydrogen (secondary N) is 1. The molecule has 0 amide bonds. The number of fused-ring (bicyclic) bond motifs is 1. The van der Waals surface area contributed by atoms with Crippen LogP contribution >= 0.6 is 0 Å². The van der Waals surface area contributed by atoms with Crippen LogP contribution in [0.25, 0.3) is 11.0 Å². The number of H-pyrrole nitrogens is 1. The lowest BCUT2D eigenvalue weighted by Crippen LogP contribution is -2.53. The van der Waals surface area contributed by atoms with Gasteiger partial charge in [-0.05, 0) is 32.0 Å². The molecular formula is C13H18N4O. The van der Waals surface area contributed by atoms with Gasteiger partial charge in [0.05, 0.1) is 29.8 Å². The first-order chi connectivity index (χ1) is 8.56. The molecule has 0 atom stereocenters. The fraction of sp³-hybridized carbons (Fsp3) is 0.462. The maximum absolute atomic E-state index is 5.78. The van der Waals surface area contributed by atoms with Crippen molar-refractivity contribution < 1.29 is 4.74 Å². The Labute approximate surface area is 106 Å². The molecule has 5 heteroatoms. The van der Waals surface area contributed by atoms with Crippen molar-refractivity contribution in [2.24, 2.45) is 0 Å². The molecule has 1 aliphatic heterocycles. The first kappa shape index (κ1) is 11.3. The summed E-state index contributed by atoms with van der Waals surface area (Å²) < 4.78 is 5.53. The van der Waals surface area contributed by atoms with Crippen molar-refractivity contribution in [3.63, 3.8) is 0 Å². The minimum Gasteiger partial charge on any atom is -0.399 e. The number of aromatic amines is 1. The molecule has 0 bridgehead atoms. The van der Waals surface area contributed by atoms with Gasteiger partial charge in [-0.25, -0.2) is 4.98 Å². The first-order valence-electron chi connectivity index (χ1n) is 6.17. The van der Waals surface area contributed by atoms with Crippen LogP contribution < -0.4 is 10.6 Å². The summed E-state index contributed by atoms with van der Waals surface area (Å²) in [6.45, 7) is 6.62. The predicted octanol–water partition coefficient (Wildman–Crippen LogP) is 1.76. The SMILES string of the molecule is CC1(C)COCCN1c1nc2ccc(N)cc2[nH]1. The Morgan fingerprint density at radius 3 is 3.06 bits per heavy atom. The summed E-state index contributed by atoms with van der Waals surface area (Å²) in [5.41, 5.74) is 8.41. The van der Waals surface area contributed by atoms with Crippen molar-refractivity contribution in [2.75, 3.05) is 30.4 Å². The van der Waals surface area contributed by atoms with E-state index in [1.165, 1.54) is 0 Å². The van der Waals surface area contributed by atoms with Gasteiger partial charge in [0.2, 0.25) is 5.95 Å². The molecule has 5 nitrogen and oxygen atoms in total. The number of morpholine rings is 1. The van der Waals surface area contributed by atoms with Crippen LogP contribution in [0.3, 0.4) is 0 Å². The minimum absolute atomic E-state index is 0.0440. The molecule has 96 valence electrons. The smallest absolute Gasteiger partial charge is 0.204 e. The number of ether oxygens (including phenoxy) is 1. The molecule has 0 spiro atoms. The highest BCUT2D eigenvalue weighted by atomic mass is 16.5. The van der Waals surface area contributed by atoms with Crippen molar-refractivity contribution >= 4 is 22.7 Å². The number of anilines is 2. The van der Waals surface area contributed by atoms with E-state index in [0.717, 1.165) is 35.8 Å². The fourth-order valence-corrected chi connectivity index (χ4v) is 2.39. The molecule has 2 aromatic rings. The molecule has 0 radical (unpaired) electrons. The van der Waals surface area contributed by atoms with E-state index in [4.69, 9.17) is 10.5 Å². The second-order valence-corrected chi connectivity index (χ2v) is 5.35. The molecule has 0 unspecified atom stereocenters. The summed E-state index contributed by atoms with van der Waals surface area (Å²) in [6, 6.07) is 5.73. The molecule has 2 heterocycles. The molecule has 3 rings (SSSR count). The Balaban J connectivity index is 2.03. The monoisotopic (exact) mass is 246 g/mol. The van der Waals surface area contributed by atoms with Crippen molar-refractivity contribution in [2.45, 2.75) is 19.4 Å². The van der Waals surface area contributed by atoms with Crippen molar-refractivity contribution in [1.82, 2.24) is 9.97 Å². The molecule has 1 aliphatic rings. The molecule has 3 N–H and O–H groups in total. The van der Waals surface area contributed by atoms with Gasteiger partial charge in [0, 0.05) is 12.2 Å². The molecule has 1 aromatic heterocycles. The van der Waals surface area contributed by atoms with E-state index in [-0.39, 0.29) is 5.54 Å². The van der Waals surface area contributed by atoms with Crippen LogP contribution in [-0.4, -0.2) is 35.3 Å². The van der Waals surface area contributed by atoms with Crippen LogP contribution in [0.2, 0.25) is 0 Å². The number of benzene rings is 1. The van der Waals surface area contributed by atoms with Crippen molar-refractivity contribution in [3.05, 3.63) is 18.2 Å². The van der Waals surface area contributed by atoms with E-state index in [2.05, 4.69) is 28.7 Å². The zero-order chi connectivity index (χ0) is 12.8. The zero-order valence-electron chi connectivity index (χ0n) is 10.7. The number of hydrogen-bond donors (Lipinski definition) is 2. The van der Waals surface area contributed by atoms with Gasteiger partial charge in [-0.3, -0.25) is 0 Å². The van der Waals surface area contributed by atoms with Gasteiger partial charge in [-0.2, -0.15) is 0 Å². The minimum atomic E-state index is -0.0440. The Hall–Kier alpha value is -1.75. The number of nitrogens with zero attached hydrogens (tertiary/aromatic N) is 2. The summed E-state index contributed by atoms with van der Waals surface area (Å²) in [5.74, 6) is 0.893. The third-order valence-corrected chi connectivity index (χ3v) is 3.39. The molecule has 1 fully saturated rings. The van der Waals surface area contributed by atoms with Crippen LogP contribution in [0.5, 0.6) is 0 Å². The largest absolute Gasteiger partial charge is 0.399 e. The second-order valence-electron chi connectivity index (χ2n) is 5.35. The molecular weight excluding hydrogens is 228 g/mol. The predicted molar refractivity (Wildman–Crippen MR) is 72.8 cm³/mol. The third-order valence-electron chi connectivity index (χ3n) is 3.39. The first-order valence-corrected chi connectivity index (χ1v) is 6.17. The molecule has 18 heavy (non-hydrogen) atoms. The molecule has 0 saturated carbocycles. The van der Waals surface area contributed by atoms with E-state index in [1.807, 2.05) is 18.2 Å². The summed E-state index contributed by atoms with van der Waals surface area (Å²) in [6.07, 6.45) is 0. The summed E-state index contributed by atoms with van der Waals surface area (Å²) in [4.78, 5) is 10.2. The number of nitrogens with two attached hydrogens (primary N) is 1. The maximum atomic E-state index is 5.78. The highest BCUT2D eigenvalue weighted by Crippen LogP contribution is 2.27. The van der Waals surface area contributed by atoms with Crippen molar-refractivity contribution in [1.29, 1.82) is 0 Å². The summed E-state index contributed by atoms with van der Waals surface area (Å²) >= 11 is 0. The molecule has 1 saturated heterocycles. The van der Waals surface area contributed by atoms with Gasteiger partial charge in [0.25, 0.3) is 0 Å². The Morgan fingerprint density at radius 2 is 2.28 bits per heavy atom. The average molecular weight is 246 g/mol. The van der Waals surface area contributed by atoms with Gasteiger partial charge in [-0.15, -0.1) is 0 Å². The van der Waals surface area contributed by atoms with Gasteiger partial charge in [0.1, 0.15) is 0 Å². The molecule has 1 aromatic carbocycles.